The number of carbonyl (C=O) groups is 1. The van der Waals surface area contributed by atoms with Crippen molar-refractivity contribution in [3.8, 4) is 0 Å². The van der Waals surface area contributed by atoms with Gasteiger partial charge in [0.05, 0.1) is 4.92 Å². The number of benzene rings is 1. The molecule has 1 fully saturated rings. The summed E-state index contributed by atoms with van der Waals surface area (Å²) in [5, 5.41) is 13.3. The molecule has 7 heteroatoms. The number of hydrogen-bond acceptors (Lipinski definition) is 4. The van der Waals surface area contributed by atoms with Gasteiger partial charge >= 0.3 is 6.03 Å². The van der Waals surface area contributed by atoms with Crippen molar-refractivity contribution in [2.75, 3.05) is 38.0 Å². The summed E-state index contributed by atoms with van der Waals surface area (Å²) in [7, 11) is 0. The van der Waals surface area contributed by atoms with Crippen molar-refractivity contribution in [3.63, 3.8) is 0 Å². The van der Waals surface area contributed by atoms with Crippen LogP contribution in [0.15, 0.2) is 24.3 Å². The molecule has 1 heterocycles. The molecule has 1 aromatic carbocycles. The first-order valence-corrected chi connectivity index (χ1v) is 7.13. The number of nitrogens with zero attached hydrogens (tertiary/aromatic N) is 3. The minimum atomic E-state index is -0.460. The lowest BCUT2D eigenvalue weighted by Gasteiger charge is -2.34. The highest BCUT2D eigenvalue weighted by molar-refractivity contribution is 5.89. The zero-order valence-electron chi connectivity index (χ0n) is 12.1. The normalized spacial score (nSPS) is 15.8. The number of amides is 2. The highest BCUT2D eigenvalue weighted by Gasteiger charge is 2.20. The molecular weight excluding hydrogens is 272 g/mol. The lowest BCUT2D eigenvalue weighted by atomic mass is 10.3. The Bertz CT molecular complexity index is 495. The molecule has 0 aliphatic carbocycles. The van der Waals surface area contributed by atoms with Crippen LogP contribution in [-0.2, 0) is 0 Å². The van der Waals surface area contributed by atoms with Crippen LogP contribution in [0.1, 0.15) is 13.3 Å². The van der Waals surface area contributed by atoms with Gasteiger partial charge in [0.25, 0.3) is 5.69 Å². The van der Waals surface area contributed by atoms with Crippen molar-refractivity contribution in [2.24, 2.45) is 0 Å². The number of nitrogens with one attached hydrogen (secondary N) is 1. The summed E-state index contributed by atoms with van der Waals surface area (Å²) in [5.74, 6) is 0. The van der Waals surface area contributed by atoms with Gasteiger partial charge in [-0.1, -0.05) is 6.92 Å². The quantitative estimate of drug-likeness (QED) is 0.681. The smallest absolute Gasteiger partial charge is 0.321 e. The molecule has 114 valence electrons. The van der Waals surface area contributed by atoms with Crippen LogP contribution in [0, 0.1) is 10.1 Å². The predicted octanol–water partition coefficient (Wildman–Crippen LogP) is 2.15. The zero-order chi connectivity index (χ0) is 15.2. The molecule has 0 saturated carbocycles. The summed E-state index contributed by atoms with van der Waals surface area (Å²) in [6.07, 6.45) is 1.12. The topological polar surface area (TPSA) is 78.7 Å². The van der Waals surface area contributed by atoms with Crippen molar-refractivity contribution in [2.45, 2.75) is 13.3 Å². The minimum absolute atomic E-state index is 0.0150. The highest BCUT2D eigenvalue weighted by Crippen LogP contribution is 2.16. The molecule has 0 radical (unpaired) electrons. The van der Waals surface area contributed by atoms with Crippen molar-refractivity contribution >= 4 is 17.4 Å². The van der Waals surface area contributed by atoms with Crippen LogP contribution in [0.25, 0.3) is 0 Å². The molecule has 7 nitrogen and oxygen atoms in total. The summed E-state index contributed by atoms with van der Waals surface area (Å²) in [5.41, 5.74) is 0.586. The number of anilines is 1. The average molecular weight is 292 g/mol. The molecule has 2 rings (SSSR count). The summed E-state index contributed by atoms with van der Waals surface area (Å²) < 4.78 is 0. The van der Waals surface area contributed by atoms with Gasteiger partial charge in [0.1, 0.15) is 0 Å². The van der Waals surface area contributed by atoms with Crippen molar-refractivity contribution < 1.29 is 9.72 Å². The van der Waals surface area contributed by atoms with Crippen LogP contribution >= 0.6 is 0 Å². The third kappa shape index (κ3) is 4.16. The lowest BCUT2D eigenvalue weighted by molar-refractivity contribution is -0.384. The number of carbonyl (C=O) groups excluding carboxylic acids is 1. The predicted molar refractivity (Wildman–Crippen MR) is 80.4 cm³/mol. The largest absolute Gasteiger partial charge is 0.322 e. The maximum atomic E-state index is 12.1. The van der Waals surface area contributed by atoms with Gasteiger partial charge in [-0.15, -0.1) is 0 Å². The Labute approximate surface area is 123 Å². The van der Waals surface area contributed by atoms with E-state index < -0.39 is 4.92 Å². The number of hydrogen-bond donors (Lipinski definition) is 1. The van der Waals surface area contributed by atoms with E-state index in [4.69, 9.17) is 0 Å². The molecule has 0 atom stereocenters. The Morgan fingerprint density at radius 1 is 1.24 bits per heavy atom. The van der Waals surface area contributed by atoms with E-state index in [2.05, 4.69) is 17.1 Å². The summed E-state index contributed by atoms with van der Waals surface area (Å²) in [6, 6.07) is 5.70. The number of nitro groups is 1. The van der Waals surface area contributed by atoms with Crippen LogP contribution in [0.4, 0.5) is 16.2 Å². The van der Waals surface area contributed by atoms with Crippen molar-refractivity contribution in [1.82, 2.24) is 9.80 Å². The molecule has 1 saturated heterocycles. The van der Waals surface area contributed by atoms with Gasteiger partial charge in [-0.2, -0.15) is 0 Å². The second-order valence-electron chi connectivity index (χ2n) is 5.06. The maximum absolute atomic E-state index is 12.1. The second-order valence-corrected chi connectivity index (χ2v) is 5.06. The zero-order valence-corrected chi connectivity index (χ0v) is 12.1. The molecule has 0 aromatic heterocycles. The molecule has 2 amide bonds. The van der Waals surface area contributed by atoms with Gasteiger partial charge in [0, 0.05) is 44.0 Å². The summed E-state index contributed by atoms with van der Waals surface area (Å²) >= 11 is 0. The first-order valence-electron chi connectivity index (χ1n) is 7.13. The van der Waals surface area contributed by atoms with E-state index in [1.54, 1.807) is 17.0 Å². The van der Waals surface area contributed by atoms with Gasteiger partial charge in [0.2, 0.25) is 0 Å². The van der Waals surface area contributed by atoms with Crippen LogP contribution in [-0.4, -0.2) is 53.5 Å². The number of nitro benzene ring substituents is 1. The standard InChI is InChI=1S/C14H20N4O3/c1-2-7-16-8-10-17(11-9-16)14(19)15-12-3-5-13(6-4-12)18(20)21/h3-6H,2,7-11H2,1H3,(H,15,19). The SMILES string of the molecule is CCCN1CCN(C(=O)Nc2ccc([N+](=O)[O-])cc2)CC1. The van der Waals surface area contributed by atoms with Gasteiger partial charge in [-0.05, 0) is 25.1 Å². The molecule has 1 aliphatic heterocycles. The van der Waals surface area contributed by atoms with Crippen LogP contribution in [0.2, 0.25) is 0 Å². The fourth-order valence-electron chi connectivity index (χ4n) is 2.36. The monoisotopic (exact) mass is 292 g/mol. The van der Waals surface area contributed by atoms with E-state index in [-0.39, 0.29) is 11.7 Å². The minimum Gasteiger partial charge on any atom is -0.322 e. The lowest BCUT2D eigenvalue weighted by Crippen LogP contribution is -2.50. The van der Waals surface area contributed by atoms with Crippen molar-refractivity contribution in [1.29, 1.82) is 0 Å². The number of piperazine rings is 1. The van der Waals surface area contributed by atoms with E-state index in [1.807, 2.05) is 0 Å². The molecule has 0 bridgehead atoms. The van der Waals surface area contributed by atoms with E-state index >= 15 is 0 Å². The van der Waals surface area contributed by atoms with Gasteiger partial charge in [-0.25, -0.2) is 4.79 Å². The highest BCUT2D eigenvalue weighted by atomic mass is 16.6. The molecule has 1 N–H and O–H groups in total. The Balaban J connectivity index is 1.86. The Kier molecular flexibility index (Phi) is 5.10. The van der Waals surface area contributed by atoms with Gasteiger partial charge in [-0.3, -0.25) is 15.0 Å². The Hall–Kier alpha value is -2.15. The first kappa shape index (κ1) is 15.2. The molecule has 21 heavy (non-hydrogen) atoms. The number of urea groups is 1. The van der Waals surface area contributed by atoms with E-state index in [9.17, 15) is 14.9 Å². The summed E-state index contributed by atoms with van der Waals surface area (Å²) in [4.78, 5) is 26.3. The van der Waals surface area contributed by atoms with Crippen LogP contribution < -0.4 is 5.32 Å². The third-order valence-corrected chi connectivity index (χ3v) is 3.53. The second kappa shape index (κ2) is 7.03. The first-order chi connectivity index (χ1) is 10.1. The Morgan fingerprint density at radius 3 is 2.38 bits per heavy atom. The Morgan fingerprint density at radius 2 is 1.86 bits per heavy atom. The molecular formula is C14H20N4O3. The molecule has 0 unspecified atom stereocenters. The molecule has 1 aliphatic rings. The van der Waals surface area contributed by atoms with Crippen molar-refractivity contribution in [3.05, 3.63) is 34.4 Å². The fraction of sp³-hybridized carbons (Fsp3) is 0.500. The fourth-order valence-corrected chi connectivity index (χ4v) is 2.36. The van der Waals surface area contributed by atoms with Gasteiger partial charge in [0.15, 0.2) is 0 Å². The van der Waals surface area contributed by atoms with Crippen LogP contribution in [0.3, 0.4) is 0 Å². The maximum Gasteiger partial charge on any atom is 0.321 e. The number of rotatable bonds is 4. The summed E-state index contributed by atoms with van der Waals surface area (Å²) in [6.45, 7) is 6.41. The third-order valence-electron chi connectivity index (χ3n) is 3.53. The van der Waals surface area contributed by atoms with E-state index in [0.29, 0.717) is 18.8 Å². The van der Waals surface area contributed by atoms with Crippen LogP contribution in [0.5, 0.6) is 0 Å². The van der Waals surface area contributed by atoms with Gasteiger partial charge < -0.3 is 10.2 Å². The molecule has 1 aromatic rings. The van der Waals surface area contributed by atoms with E-state index in [1.165, 1.54) is 12.1 Å². The van der Waals surface area contributed by atoms with E-state index in [0.717, 1.165) is 26.1 Å². The average Bonchev–Trinajstić information content (AvgIpc) is 2.49. The molecule has 0 spiro atoms. The number of non-ortho nitro benzene ring substituents is 1.